The number of halogens is 1. The molecule has 1 heterocycles. The summed E-state index contributed by atoms with van der Waals surface area (Å²) in [5.74, 6) is 1.76. The Balaban J connectivity index is 2.20. The SMILES string of the molecule is COc1cc(Cl)cc(C=O)c1OCc1nc(C(C)C)no1. The average Bonchev–Trinajstić information content (AvgIpc) is 2.94. The molecule has 0 amide bonds. The Morgan fingerprint density at radius 2 is 2.19 bits per heavy atom. The van der Waals surface area contributed by atoms with E-state index in [1.807, 2.05) is 13.8 Å². The van der Waals surface area contributed by atoms with Crippen LogP contribution in [0.25, 0.3) is 0 Å². The van der Waals surface area contributed by atoms with Crippen LogP contribution in [-0.2, 0) is 6.61 Å². The van der Waals surface area contributed by atoms with Gasteiger partial charge in [-0.1, -0.05) is 30.6 Å². The van der Waals surface area contributed by atoms with E-state index in [2.05, 4.69) is 10.1 Å². The number of benzene rings is 1. The number of rotatable bonds is 6. The van der Waals surface area contributed by atoms with E-state index in [-0.39, 0.29) is 12.5 Å². The summed E-state index contributed by atoms with van der Waals surface area (Å²) < 4.78 is 15.8. The van der Waals surface area contributed by atoms with Crippen LogP contribution in [0.15, 0.2) is 16.7 Å². The highest BCUT2D eigenvalue weighted by Crippen LogP contribution is 2.34. The molecule has 2 rings (SSSR count). The molecule has 0 atom stereocenters. The number of hydrogen-bond donors (Lipinski definition) is 0. The van der Waals surface area contributed by atoms with Gasteiger partial charge in [-0.25, -0.2) is 0 Å². The molecule has 0 fully saturated rings. The fourth-order valence-electron chi connectivity index (χ4n) is 1.68. The van der Waals surface area contributed by atoms with Crippen LogP contribution in [0.1, 0.15) is 41.8 Å². The topological polar surface area (TPSA) is 74.5 Å². The Morgan fingerprint density at radius 1 is 1.43 bits per heavy atom. The van der Waals surface area contributed by atoms with Crippen LogP contribution in [-0.4, -0.2) is 23.5 Å². The van der Waals surface area contributed by atoms with Gasteiger partial charge in [0.15, 0.2) is 30.2 Å². The highest BCUT2D eigenvalue weighted by molar-refractivity contribution is 6.31. The summed E-state index contributed by atoms with van der Waals surface area (Å²) in [6, 6.07) is 3.07. The zero-order valence-electron chi connectivity index (χ0n) is 11.9. The number of carbonyl (C=O) groups is 1. The molecule has 0 aliphatic carbocycles. The number of carbonyl (C=O) groups excluding carboxylic acids is 1. The summed E-state index contributed by atoms with van der Waals surface area (Å²) in [6.45, 7) is 3.96. The fraction of sp³-hybridized carbons (Fsp3) is 0.357. The summed E-state index contributed by atoms with van der Waals surface area (Å²) in [7, 11) is 1.47. The van der Waals surface area contributed by atoms with Crippen molar-refractivity contribution in [2.75, 3.05) is 7.11 Å². The molecule has 6 nitrogen and oxygen atoms in total. The first-order valence-electron chi connectivity index (χ1n) is 6.33. The molecule has 0 aliphatic rings. The van der Waals surface area contributed by atoms with E-state index in [0.29, 0.717) is 40.1 Å². The first-order valence-corrected chi connectivity index (χ1v) is 6.71. The van der Waals surface area contributed by atoms with E-state index in [4.69, 9.17) is 25.6 Å². The standard InChI is InChI=1S/C14H15ClN2O4/c1-8(2)14-16-12(21-17-14)7-20-13-9(6-18)4-10(15)5-11(13)19-3/h4-6,8H,7H2,1-3H3. The average molecular weight is 311 g/mol. The molecule has 1 aromatic carbocycles. The van der Waals surface area contributed by atoms with Crippen LogP contribution in [0.3, 0.4) is 0 Å². The van der Waals surface area contributed by atoms with Crippen molar-refractivity contribution in [1.29, 1.82) is 0 Å². The van der Waals surface area contributed by atoms with Crippen LogP contribution in [0.2, 0.25) is 5.02 Å². The third kappa shape index (κ3) is 3.52. The van der Waals surface area contributed by atoms with Crippen molar-refractivity contribution < 1.29 is 18.8 Å². The Hall–Kier alpha value is -2.08. The minimum absolute atomic E-state index is 0.0402. The monoisotopic (exact) mass is 310 g/mol. The van der Waals surface area contributed by atoms with Crippen LogP contribution < -0.4 is 9.47 Å². The van der Waals surface area contributed by atoms with E-state index >= 15 is 0 Å². The number of ether oxygens (including phenoxy) is 2. The van der Waals surface area contributed by atoms with Crippen molar-refractivity contribution in [3.05, 3.63) is 34.4 Å². The van der Waals surface area contributed by atoms with Gasteiger partial charge in [-0.2, -0.15) is 4.98 Å². The highest BCUT2D eigenvalue weighted by atomic mass is 35.5. The molecular weight excluding hydrogens is 296 g/mol. The maximum Gasteiger partial charge on any atom is 0.264 e. The molecule has 0 saturated carbocycles. The molecule has 0 unspecified atom stereocenters. The smallest absolute Gasteiger partial charge is 0.264 e. The highest BCUT2D eigenvalue weighted by Gasteiger charge is 2.15. The fourth-order valence-corrected chi connectivity index (χ4v) is 1.89. The number of aromatic nitrogens is 2. The Morgan fingerprint density at radius 3 is 2.76 bits per heavy atom. The molecule has 0 aliphatic heterocycles. The third-order valence-corrected chi connectivity index (χ3v) is 2.95. The summed E-state index contributed by atoms with van der Waals surface area (Å²) in [4.78, 5) is 15.3. The lowest BCUT2D eigenvalue weighted by molar-refractivity contribution is 0.111. The molecule has 1 aromatic heterocycles. The lowest BCUT2D eigenvalue weighted by Crippen LogP contribution is -2.01. The Labute approximate surface area is 127 Å². The number of nitrogens with zero attached hydrogens (tertiary/aromatic N) is 2. The molecule has 7 heteroatoms. The second-order valence-electron chi connectivity index (χ2n) is 4.63. The predicted octanol–water partition coefficient (Wildman–Crippen LogP) is 3.25. The molecule has 2 aromatic rings. The lowest BCUT2D eigenvalue weighted by atomic mass is 10.2. The van der Waals surface area contributed by atoms with Gasteiger partial charge in [0.2, 0.25) is 0 Å². The van der Waals surface area contributed by atoms with Gasteiger partial charge in [0.25, 0.3) is 5.89 Å². The van der Waals surface area contributed by atoms with E-state index in [0.717, 1.165) is 0 Å². The summed E-state index contributed by atoms with van der Waals surface area (Å²) in [6.07, 6.45) is 0.650. The van der Waals surface area contributed by atoms with E-state index in [1.54, 1.807) is 6.07 Å². The van der Waals surface area contributed by atoms with Crippen LogP contribution in [0.5, 0.6) is 11.5 Å². The van der Waals surface area contributed by atoms with Gasteiger partial charge in [0.1, 0.15) is 0 Å². The number of methoxy groups -OCH3 is 1. The maximum atomic E-state index is 11.1. The molecule has 21 heavy (non-hydrogen) atoms. The van der Waals surface area contributed by atoms with Gasteiger partial charge in [-0.15, -0.1) is 0 Å². The van der Waals surface area contributed by atoms with Gasteiger partial charge < -0.3 is 14.0 Å². The van der Waals surface area contributed by atoms with Gasteiger partial charge in [0, 0.05) is 17.0 Å². The molecular formula is C14H15ClN2O4. The van der Waals surface area contributed by atoms with Crippen LogP contribution >= 0.6 is 11.6 Å². The quantitative estimate of drug-likeness (QED) is 0.762. The van der Waals surface area contributed by atoms with Crippen molar-refractivity contribution in [3.63, 3.8) is 0 Å². The lowest BCUT2D eigenvalue weighted by Gasteiger charge is -2.11. The number of hydrogen-bond acceptors (Lipinski definition) is 6. The molecule has 112 valence electrons. The van der Waals surface area contributed by atoms with Crippen molar-refractivity contribution in [3.8, 4) is 11.5 Å². The van der Waals surface area contributed by atoms with Crippen molar-refractivity contribution in [2.45, 2.75) is 26.4 Å². The zero-order chi connectivity index (χ0) is 15.4. The second-order valence-corrected chi connectivity index (χ2v) is 5.07. The van der Waals surface area contributed by atoms with Crippen LogP contribution in [0.4, 0.5) is 0 Å². The minimum atomic E-state index is 0.0402. The molecule has 0 N–H and O–H groups in total. The largest absolute Gasteiger partial charge is 0.493 e. The first-order chi connectivity index (χ1) is 10.0. The van der Waals surface area contributed by atoms with Gasteiger partial charge in [0.05, 0.1) is 12.7 Å². The van der Waals surface area contributed by atoms with Crippen LogP contribution in [0, 0.1) is 0 Å². The van der Waals surface area contributed by atoms with Crippen molar-refractivity contribution in [2.24, 2.45) is 0 Å². The van der Waals surface area contributed by atoms with Gasteiger partial charge in [-0.3, -0.25) is 4.79 Å². The van der Waals surface area contributed by atoms with Gasteiger partial charge in [-0.05, 0) is 6.07 Å². The maximum absolute atomic E-state index is 11.1. The first kappa shape index (κ1) is 15.3. The third-order valence-electron chi connectivity index (χ3n) is 2.74. The molecule has 0 radical (unpaired) electrons. The number of aldehydes is 1. The predicted molar refractivity (Wildman–Crippen MR) is 76.1 cm³/mol. The normalized spacial score (nSPS) is 10.7. The molecule has 0 bridgehead atoms. The van der Waals surface area contributed by atoms with E-state index in [9.17, 15) is 4.79 Å². The second kappa shape index (κ2) is 6.58. The summed E-state index contributed by atoms with van der Waals surface area (Å²) >= 11 is 5.90. The van der Waals surface area contributed by atoms with E-state index in [1.165, 1.54) is 13.2 Å². The van der Waals surface area contributed by atoms with Crippen molar-refractivity contribution in [1.82, 2.24) is 10.1 Å². The van der Waals surface area contributed by atoms with Gasteiger partial charge >= 0.3 is 0 Å². The van der Waals surface area contributed by atoms with Crippen molar-refractivity contribution >= 4 is 17.9 Å². The Kier molecular flexibility index (Phi) is 4.80. The zero-order valence-corrected chi connectivity index (χ0v) is 12.7. The Bertz CT molecular complexity index is 640. The summed E-state index contributed by atoms with van der Waals surface area (Å²) in [5, 5.41) is 4.23. The van der Waals surface area contributed by atoms with E-state index < -0.39 is 0 Å². The molecule has 0 spiro atoms. The molecule has 0 saturated heterocycles. The summed E-state index contributed by atoms with van der Waals surface area (Å²) in [5.41, 5.74) is 0.294. The minimum Gasteiger partial charge on any atom is -0.493 e.